The summed E-state index contributed by atoms with van der Waals surface area (Å²) in [6.45, 7) is 20.4. The van der Waals surface area contributed by atoms with E-state index in [9.17, 15) is 9.59 Å². The number of amides is 2. The van der Waals surface area contributed by atoms with Crippen LogP contribution in [0, 0.1) is 11.8 Å². The number of nitrogen functional groups attached to an aromatic ring is 1. The summed E-state index contributed by atoms with van der Waals surface area (Å²) < 4.78 is 13.3. The van der Waals surface area contributed by atoms with Crippen LogP contribution in [0.25, 0.3) is 11.0 Å². The van der Waals surface area contributed by atoms with Gasteiger partial charge in [0.15, 0.2) is 0 Å². The molecule has 2 amide bonds. The van der Waals surface area contributed by atoms with Gasteiger partial charge in [0.1, 0.15) is 5.82 Å². The lowest BCUT2D eigenvalue weighted by atomic mass is 9.94. The van der Waals surface area contributed by atoms with Gasteiger partial charge < -0.3 is 34.9 Å². The van der Waals surface area contributed by atoms with E-state index in [1.54, 1.807) is 23.6 Å². The van der Waals surface area contributed by atoms with Crippen molar-refractivity contribution in [1.29, 1.82) is 0 Å². The van der Waals surface area contributed by atoms with Crippen LogP contribution in [0.2, 0.25) is 0 Å². The molecule has 2 aliphatic rings. The van der Waals surface area contributed by atoms with Crippen molar-refractivity contribution in [2.45, 2.75) is 86.1 Å². The first kappa shape index (κ1) is 36.2. The molecule has 3 N–H and O–H groups in total. The second-order valence-electron chi connectivity index (χ2n) is 13.8. The molecule has 0 radical (unpaired) electrons. The van der Waals surface area contributed by atoms with Gasteiger partial charge in [-0.25, -0.2) is 4.98 Å². The topological polar surface area (TPSA) is 115 Å². The quantitative estimate of drug-likeness (QED) is 0.251. The number of rotatable bonds is 9. The summed E-state index contributed by atoms with van der Waals surface area (Å²) in [5, 5.41) is 3.41. The molecular formula is C37H56N6O4. The highest BCUT2D eigenvalue weighted by molar-refractivity contribution is 5.94. The molecule has 0 unspecified atom stereocenters. The molecule has 0 saturated carbocycles. The molecule has 1 aromatic heterocycles. The van der Waals surface area contributed by atoms with Crippen LogP contribution >= 0.6 is 0 Å². The first-order valence-corrected chi connectivity index (χ1v) is 17.3. The molecule has 0 aliphatic carbocycles. The Bertz CT molecular complexity index is 1480. The number of nitrogens with two attached hydrogens (primary N) is 1. The normalized spacial score (nSPS) is 16.0. The van der Waals surface area contributed by atoms with Crippen molar-refractivity contribution in [2.75, 3.05) is 66.9 Å². The summed E-state index contributed by atoms with van der Waals surface area (Å²) >= 11 is 0. The third kappa shape index (κ3) is 9.47. The van der Waals surface area contributed by atoms with E-state index in [1.165, 1.54) is 0 Å². The molecule has 47 heavy (non-hydrogen) atoms. The van der Waals surface area contributed by atoms with E-state index in [0.717, 1.165) is 99.1 Å². The number of ether oxygens (including phenoxy) is 2. The molecule has 3 heterocycles. The number of carbonyl (C=O) groups excluding carboxylic acids is 2. The fraction of sp³-hybridized carbons (Fsp3) is 0.595. The van der Waals surface area contributed by atoms with Crippen molar-refractivity contribution in [2.24, 2.45) is 11.8 Å². The van der Waals surface area contributed by atoms with E-state index in [-0.39, 0.29) is 17.2 Å². The van der Waals surface area contributed by atoms with Gasteiger partial charge in [-0.2, -0.15) is 0 Å². The highest BCUT2D eigenvalue weighted by Gasteiger charge is 2.26. The number of nitrogens with zero attached hydrogens (tertiary/aromatic N) is 4. The number of nitrogens with one attached hydrogen (secondary N) is 1. The van der Waals surface area contributed by atoms with Gasteiger partial charge >= 0.3 is 0 Å². The van der Waals surface area contributed by atoms with Gasteiger partial charge in [0.25, 0.3) is 0 Å². The number of hydrogen-bond donors (Lipinski definition) is 2. The summed E-state index contributed by atoms with van der Waals surface area (Å²) in [6, 6.07) is 12.0. The number of hydrogen-bond acceptors (Lipinski definition) is 7. The molecule has 10 nitrogen and oxygen atoms in total. The van der Waals surface area contributed by atoms with Gasteiger partial charge in [0.05, 0.1) is 22.4 Å². The zero-order chi connectivity index (χ0) is 34.1. The monoisotopic (exact) mass is 648 g/mol. The standard InChI is InChI=1S/C21H31N3O2.C16H25N3O2/c1-6-23(15(2)25)17-7-8-19-18(13-17)22-20(21(3,4)5)24(19)14-16-9-11-26-12-10-16;1-3-19(12(2)20)14-4-5-16(15(17)10-14)18-11-13-6-8-21-9-7-13/h7-8,13,16H,6,9-12,14H2,1-5H3;4-5,10,13,18H,3,6-9,11,17H2,1-2H3. The van der Waals surface area contributed by atoms with E-state index >= 15 is 0 Å². The highest BCUT2D eigenvalue weighted by Crippen LogP contribution is 2.31. The predicted octanol–water partition coefficient (Wildman–Crippen LogP) is 6.61. The van der Waals surface area contributed by atoms with Crippen LogP contribution in [-0.2, 0) is 31.0 Å². The molecule has 2 fully saturated rings. The minimum Gasteiger partial charge on any atom is -0.397 e. The summed E-state index contributed by atoms with van der Waals surface area (Å²) in [7, 11) is 0. The zero-order valence-corrected chi connectivity index (χ0v) is 29.6. The Labute approximate surface area is 281 Å². The van der Waals surface area contributed by atoms with Gasteiger partial charge in [0.2, 0.25) is 11.8 Å². The highest BCUT2D eigenvalue weighted by atomic mass is 16.5. The second-order valence-corrected chi connectivity index (χ2v) is 13.8. The second kappa shape index (κ2) is 16.5. The van der Waals surface area contributed by atoms with E-state index in [1.807, 2.05) is 38.1 Å². The Morgan fingerprint density at radius 1 is 0.872 bits per heavy atom. The molecule has 10 heteroatoms. The maximum Gasteiger partial charge on any atom is 0.223 e. The molecule has 0 atom stereocenters. The Kier molecular flexibility index (Phi) is 12.7. The van der Waals surface area contributed by atoms with Gasteiger partial charge in [0, 0.05) is 83.2 Å². The van der Waals surface area contributed by atoms with Crippen LogP contribution in [-0.4, -0.2) is 67.4 Å². The minimum atomic E-state index is -0.0324. The van der Waals surface area contributed by atoms with Crippen LogP contribution in [0.4, 0.5) is 22.7 Å². The number of imidazole rings is 1. The number of carbonyl (C=O) groups is 2. The minimum absolute atomic E-state index is 0.0276. The number of aromatic nitrogens is 2. The lowest BCUT2D eigenvalue weighted by Gasteiger charge is -2.26. The Morgan fingerprint density at radius 3 is 1.91 bits per heavy atom. The molecule has 0 spiro atoms. The lowest BCUT2D eigenvalue weighted by Crippen LogP contribution is -2.28. The average molecular weight is 649 g/mol. The predicted molar refractivity (Wildman–Crippen MR) is 192 cm³/mol. The first-order valence-electron chi connectivity index (χ1n) is 17.3. The SMILES string of the molecule is CCN(C(C)=O)c1ccc(NCC2CCOCC2)c(N)c1.CCN(C(C)=O)c1ccc2c(c1)nc(C(C)(C)C)n2CC1CCOCC1. The number of benzene rings is 2. The Hall–Kier alpha value is -3.63. The third-order valence-electron chi connectivity index (χ3n) is 9.16. The summed E-state index contributed by atoms with van der Waals surface area (Å²) in [4.78, 5) is 31.9. The smallest absolute Gasteiger partial charge is 0.223 e. The van der Waals surface area contributed by atoms with Crippen LogP contribution in [0.5, 0.6) is 0 Å². The maximum absolute atomic E-state index is 11.9. The van der Waals surface area contributed by atoms with Crippen molar-refractivity contribution in [1.82, 2.24) is 9.55 Å². The van der Waals surface area contributed by atoms with Gasteiger partial charge in [-0.05, 0) is 87.8 Å². The van der Waals surface area contributed by atoms with Gasteiger partial charge in [-0.1, -0.05) is 20.8 Å². The van der Waals surface area contributed by atoms with Crippen molar-refractivity contribution < 1.29 is 19.1 Å². The summed E-state index contributed by atoms with van der Waals surface area (Å²) in [5.41, 5.74) is 11.6. The van der Waals surface area contributed by atoms with Crippen molar-refractivity contribution in [3.05, 3.63) is 42.2 Å². The van der Waals surface area contributed by atoms with E-state index < -0.39 is 0 Å². The maximum atomic E-state index is 11.9. The molecule has 2 aromatic carbocycles. The van der Waals surface area contributed by atoms with E-state index in [4.69, 9.17) is 20.2 Å². The lowest BCUT2D eigenvalue weighted by molar-refractivity contribution is -0.117. The number of fused-ring (bicyclic) bond motifs is 1. The molecular weight excluding hydrogens is 592 g/mol. The first-order chi connectivity index (χ1) is 22.4. The molecule has 2 aliphatic heterocycles. The fourth-order valence-electron chi connectivity index (χ4n) is 6.49. The summed E-state index contributed by atoms with van der Waals surface area (Å²) in [5.74, 6) is 2.47. The van der Waals surface area contributed by atoms with Crippen molar-refractivity contribution in [3.63, 3.8) is 0 Å². The molecule has 2 saturated heterocycles. The largest absolute Gasteiger partial charge is 0.397 e. The zero-order valence-electron chi connectivity index (χ0n) is 29.6. The van der Waals surface area contributed by atoms with E-state index in [0.29, 0.717) is 30.6 Å². The van der Waals surface area contributed by atoms with Crippen LogP contribution in [0.15, 0.2) is 36.4 Å². The van der Waals surface area contributed by atoms with E-state index in [2.05, 4.69) is 42.8 Å². The number of anilines is 4. The third-order valence-corrected chi connectivity index (χ3v) is 9.16. The van der Waals surface area contributed by atoms with Gasteiger partial charge in [-0.3, -0.25) is 9.59 Å². The summed E-state index contributed by atoms with van der Waals surface area (Å²) in [6.07, 6.45) is 4.41. The molecule has 5 rings (SSSR count). The molecule has 0 bridgehead atoms. The Morgan fingerprint density at radius 2 is 1.40 bits per heavy atom. The molecule has 258 valence electrons. The van der Waals surface area contributed by atoms with Crippen LogP contribution in [0.3, 0.4) is 0 Å². The fourth-order valence-corrected chi connectivity index (χ4v) is 6.49. The van der Waals surface area contributed by atoms with Crippen LogP contribution < -0.4 is 20.9 Å². The van der Waals surface area contributed by atoms with Crippen molar-refractivity contribution in [3.8, 4) is 0 Å². The molecule has 3 aromatic rings. The van der Waals surface area contributed by atoms with Crippen molar-refractivity contribution >= 4 is 45.6 Å². The Balaban J connectivity index is 0.000000218. The average Bonchev–Trinajstić information content (AvgIpc) is 3.40. The van der Waals surface area contributed by atoms with Crippen LogP contribution in [0.1, 0.15) is 80.0 Å². The van der Waals surface area contributed by atoms with Gasteiger partial charge in [-0.15, -0.1) is 0 Å².